The third-order valence-corrected chi connectivity index (χ3v) is 6.99. The van der Waals surface area contributed by atoms with Gasteiger partial charge < -0.3 is 25.6 Å². The molecule has 0 aliphatic rings. The first-order valence-electron chi connectivity index (χ1n) is 14.0. The fourth-order valence-electron chi connectivity index (χ4n) is 4.73. The summed E-state index contributed by atoms with van der Waals surface area (Å²) in [6.45, 7) is 0.575. The summed E-state index contributed by atoms with van der Waals surface area (Å²) in [5.41, 5.74) is 10.6. The van der Waals surface area contributed by atoms with E-state index in [0.29, 0.717) is 40.3 Å². The van der Waals surface area contributed by atoms with Crippen molar-refractivity contribution in [3.05, 3.63) is 138 Å². The topological polar surface area (TPSA) is 150 Å². The summed E-state index contributed by atoms with van der Waals surface area (Å²) in [6, 6.07) is 31.4. The average molecular weight is 598 g/mol. The van der Waals surface area contributed by atoms with Crippen LogP contribution in [0.15, 0.2) is 116 Å². The zero-order valence-electron chi connectivity index (χ0n) is 23.9. The number of carbonyl (C=O) groups excluding carboxylic acids is 1. The second-order valence-corrected chi connectivity index (χ2v) is 10.1. The number of aromatic carboxylic acids is 1. The van der Waals surface area contributed by atoms with Gasteiger partial charge in [0, 0.05) is 23.5 Å². The fraction of sp³-hybridized carbons (Fsp3) is 0.0571. The van der Waals surface area contributed by atoms with Crippen molar-refractivity contribution in [2.24, 2.45) is 5.73 Å². The Kier molecular flexibility index (Phi) is 8.27. The summed E-state index contributed by atoms with van der Waals surface area (Å²) >= 11 is 0. The molecular formula is C35H27N5O5. The van der Waals surface area contributed by atoms with Crippen molar-refractivity contribution in [2.45, 2.75) is 13.2 Å². The Bertz CT molecular complexity index is 2000. The Morgan fingerprint density at radius 3 is 2.18 bits per heavy atom. The number of rotatable bonds is 11. The molecule has 222 valence electrons. The first-order chi connectivity index (χ1) is 21.9. The number of pyridine rings is 1. The van der Waals surface area contributed by atoms with Gasteiger partial charge in [-0.25, -0.2) is 9.78 Å². The predicted molar refractivity (Wildman–Crippen MR) is 170 cm³/mol. The Morgan fingerprint density at radius 1 is 0.778 bits per heavy atom. The van der Waals surface area contributed by atoms with Crippen LogP contribution >= 0.6 is 0 Å². The molecule has 10 nitrogen and oxygen atoms in total. The van der Waals surface area contributed by atoms with Gasteiger partial charge in [0.05, 0.1) is 27.9 Å². The SMILES string of the molecule is NC(=O)c1cnc2cc(-c3cnc(OCc4ccccc4)nc3OCc3ccccc3)ccc2c1Nc1cccc(C(=O)O)c1. The van der Waals surface area contributed by atoms with Crippen LogP contribution in [0.25, 0.3) is 22.0 Å². The van der Waals surface area contributed by atoms with Gasteiger partial charge in [0.1, 0.15) is 13.2 Å². The van der Waals surface area contributed by atoms with Crippen LogP contribution in [0.5, 0.6) is 11.9 Å². The highest BCUT2D eigenvalue weighted by molar-refractivity contribution is 6.08. The zero-order chi connectivity index (χ0) is 31.2. The minimum Gasteiger partial charge on any atom is -0.478 e. The van der Waals surface area contributed by atoms with Gasteiger partial charge in [-0.3, -0.25) is 9.78 Å². The summed E-state index contributed by atoms with van der Waals surface area (Å²) in [7, 11) is 0. The highest BCUT2D eigenvalue weighted by atomic mass is 16.5. The van der Waals surface area contributed by atoms with E-state index in [1.165, 1.54) is 18.3 Å². The Labute approximate surface area is 258 Å². The van der Waals surface area contributed by atoms with Crippen molar-refractivity contribution in [3.8, 4) is 23.0 Å². The van der Waals surface area contributed by atoms with Crippen molar-refractivity contribution in [2.75, 3.05) is 5.32 Å². The van der Waals surface area contributed by atoms with E-state index in [0.717, 1.165) is 16.7 Å². The van der Waals surface area contributed by atoms with E-state index in [9.17, 15) is 14.7 Å². The van der Waals surface area contributed by atoms with Gasteiger partial charge in [0.15, 0.2) is 0 Å². The Balaban J connectivity index is 1.37. The minimum absolute atomic E-state index is 0.0977. The fourth-order valence-corrected chi connectivity index (χ4v) is 4.73. The molecule has 2 aromatic heterocycles. The summed E-state index contributed by atoms with van der Waals surface area (Å²) in [6.07, 6.45) is 3.03. The molecule has 2 heterocycles. The van der Waals surface area contributed by atoms with Crippen molar-refractivity contribution < 1.29 is 24.2 Å². The van der Waals surface area contributed by atoms with E-state index in [2.05, 4.69) is 20.3 Å². The summed E-state index contributed by atoms with van der Waals surface area (Å²) in [5.74, 6) is -1.42. The molecule has 0 fully saturated rings. The zero-order valence-corrected chi connectivity index (χ0v) is 23.9. The number of carbonyl (C=O) groups is 2. The Morgan fingerprint density at radius 2 is 1.49 bits per heavy atom. The minimum atomic E-state index is -1.07. The van der Waals surface area contributed by atoms with Crippen LogP contribution in [0, 0.1) is 0 Å². The molecule has 0 aliphatic heterocycles. The summed E-state index contributed by atoms with van der Waals surface area (Å²) < 4.78 is 12.1. The van der Waals surface area contributed by atoms with Gasteiger partial charge in [0.25, 0.3) is 5.91 Å². The second-order valence-electron chi connectivity index (χ2n) is 10.1. The molecule has 0 spiro atoms. The lowest BCUT2D eigenvalue weighted by Crippen LogP contribution is -2.14. The lowest BCUT2D eigenvalue weighted by atomic mass is 10.0. The molecule has 0 radical (unpaired) electrons. The quantitative estimate of drug-likeness (QED) is 0.154. The summed E-state index contributed by atoms with van der Waals surface area (Å²) in [5, 5.41) is 13.2. The number of nitrogens with one attached hydrogen (secondary N) is 1. The number of fused-ring (bicyclic) bond motifs is 1. The van der Waals surface area contributed by atoms with Crippen LogP contribution in [0.1, 0.15) is 31.8 Å². The molecule has 0 saturated carbocycles. The smallest absolute Gasteiger partial charge is 0.335 e. The molecule has 0 bridgehead atoms. The van der Waals surface area contributed by atoms with Gasteiger partial charge in [-0.15, -0.1) is 0 Å². The number of hydrogen-bond donors (Lipinski definition) is 3. The molecule has 4 N–H and O–H groups in total. The predicted octanol–water partition coefficient (Wildman–Crippen LogP) is 6.39. The van der Waals surface area contributed by atoms with E-state index in [1.807, 2.05) is 72.8 Å². The highest BCUT2D eigenvalue weighted by Gasteiger charge is 2.18. The molecule has 0 unspecified atom stereocenters. The van der Waals surface area contributed by atoms with Gasteiger partial charge in [-0.1, -0.05) is 78.9 Å². The molecule has 10 heteroatoms. The van der Waals surface area contributed by atoms with Gasteiger partial charge >= 0.3 is 12.0 Å². The molecule has 0 aliphatic carbocycles. The van der Waals surface area contributed by atoms with Gasteiger partial charge in [-0.2, -0.15) is 4.98 Å². The maximum atomic E-state index is 12.3. The van der Waals surface area contributed by atoms with Crippen molar-refractivity contribution in [1.82, 2.24) is 15.0 Å². The maximum Gasteiger partial charge on any atom is 0.335 e. The number of benzene rings is 4. The Hall–Kier alpha value is -6.29. The number of hydrogen-bond acceptors (Lipinski definition) is 8. The van der Waals surface area contributed by atoms with Crippen LogP contribution in [0.4, 0.5) is 11.4 Å². The van der Waals surface area contributed by atoms with Crippen LogP contribution in [0.2, 0.25) is 0 Å². The monoisotopic (exact) mass is 597 g/mol. The van der Waals surface area contributed by atoms with E-state index in [4.69, 9.17) is 15.2 Å². The lowest BCUT2D eigenvalue weighted by molar-refractivity contribution is 0.0696. The number of anilines is 2. The number of nitrogens with two attached hydrogens (primary N) is 1. The average Bonchev–Trinajstić information content (AvgIpc) is 3.07. The number of amides is 1. The standard InChI is InChI=1S/C35H27N5O5/c36-32(41)29-19-37-30-17-24(14-15-27(30)31(29)39-26-13-7-12-25(16-26)34(42)43)28-18-38-35(45-21-23-10-5-2-6-11-23)40-33(28)44-20-22-8-3-1-4-9-22/h1-19H,20-21H2,(H2,36,41)(H,37,39)(H,42,43). The first-order valence-corrected chi connectivity index (χ1v) is 14.0. The molecule has 0 atom stereocenters. The van der Waals surface area contributed by atoms with Crippen molar-refractivity contribution in [1.29, 1.82) is 0 Å². The molecule has 0 saturated heterocycles. The van der Waals surface area contributed by atoms with Crippen LogP contribution in [0.3, 0.4) is 0 Å². The van der Waals surface area contributed by atoms with Gasteiger partial charge in [0.2, 0.25) is 5.88 Å². The maximum absolute atomic E-state index is 12.3. The third kappa shape index (κ3) is 6.70. The molecule has 6 rings (SSSR count). The van der Waals surface area contributed by atoms with E-state index in [1.54, 1.807) is 24.4 Å². The molecule has 6 aromatic rings. The molecule has 1 amide bonds. The van der Waals surface area contributed by atoms with Crippen molar-refractivity contribution in [3.63, 3.8) is 0 Å². The van der Waals surface area contributed by atoms with E-state index < -0.39 is 11.9 Å². The number of aromatic nitrogens is 3. The van der Waals surface area contributed by atoms with Crippen LogP contribution < -0.4 is 20.5 Å². The molecule has 45 heavy (non-hydrogen) atoms. The number of nitrogens with zero attached hydrogens (tertiary/aromatic N) is 3. The third-order valence-electron chi connectivity index (χ3n) is 6.99. The van der Waals surface area contributed by atoms with Crippen LogP contribution in [-0.4, -0.2) is 31.9 Å². The largest absolute Gasteiger partial charge is 0.478 e. The first kappa shape index (κ1) is 28.8. The lowest BCUT2D eigenvalue weighted by Gasteiger charge is -2.15. The van der Waals surface area contributed by atoms with E-state index in [-0.39, 0.29) is 23.7 Å². The molecular weight excluding hydrogens is 570 g/mol. The number of ether oxygens (including phenoxy) is 2. The van der Waals surface area contributed by atoms with Gasteiger partial charge in [-0.05, 0) is 41.0 Å². The normalized spacial score (nSPS) is 10.8. The molecule has 4 aromatic carbocycles. The van der Waals surface area contributed by atoms with Crippen molar-refractivity contribution >= 4 is 34.2 Å². The highest BCUT2D eigenvalue weighted by Crippen LogP contribution is 2.35. The second kappa shape index (κ2) is 12.9. The number of carboxylic acid groups (broad SMARTS) is 1. The van der Waals surface area contributed by atoms with E-state index >= 15 is 0 Å². The summed E-state index contributed by atoms with van der Waals surface area (Å²) in [4.78, 5) is 37.4. The number of primary amides is 1. The number of carboxylic acids is 1. The van der Waals surface area contributed by atoms with Crippen LogP contribution in [-0.2, 0) is 13.2 Å².